The van der Waals surface area contributed by atoms with Gasteiger partial charge in [0.1, 0.15) is 0 Å². The molecule has 0 aliphatic heterocycles. The molecule has 1 heteroatoms. The highest BCUT2D eigenvalue weighted by Crippen LogP contribution is 2.19. The molecule has 0 aliphatic rings. The van der Waals surface area contributed by atoms with Gasteiger partial charge in [-0.25, -0.2) is 0 Å². The van der Waals surface area contributed by atoms with Crippen LogP contribution in [-0.2, 0) is 4.79 Å². The van der Waals surface area contributed by atoms with E-state index < -0.39 is 0 Å². The predicted molar refractivity (Wildman–Crippen MR) is 104 cm³/mol. The van der Waals surface area contributed by atoms with Crippen LogP contribution in [0.3, 0.4) is 0 Å². The summed E-state index contributed by atoms with van der Waals surface area (Å²) in [6.45, 7) is 8.12. The van der Waals surface area contributed by atoms with E-state index >= 15 is 0 Å². The fourth-order valence-electron chi connectivity index (χ4n) is 3.28. The van der Waals surface area contributed by atoms with Crippen LogP contribution in [0.5, 0.6) is 0 Å². The molecular weight excluding hydrogens is 280 g/mol. The smallest absolute Gasteiger partial charge is 0.158 e. The standard InChI is InChI=1S/C22H42O/c1-4-7-9-10-11-12-13-14-15-16-17-18-20-21(19-8-5-2)22(23)6-3/h6,21H,3-5,7-20H2,1-2H3. The number of allylic oxidation sites excluding steroid dienone is 1. The number of rotatable bonds is 18. The summed E-state index contributed by atoms with van der Waals surface area (Å²) in [4.78, 5) is 11.8. The first-order valence-electron chi connectivity index (χ1n) is 10.4. The molecule has 0 fully saturated rings. The van der Waals surface area contributed by atoms with Gasteiger partial charge in [0.2, 0.25) is 0 Å². The molecule has 0 amide bonds. The molecule has 1 nitrogen and oxygen atoms in total. The number of carbonyl (C=O) groups excluding carboxylic acids is 1. The van der Waals surface area contributed by atoms with Gasteiger partial charge in [-0.05, 0) is 18.9 Å². The molecule has 0 aliphatic carbocycles. The highest BCUT2D eigenvalue weighted by Gasteiger charge is 2.14. The number of ketones is 1. The normalized spacial score (nSPS) is 12.3. The second-order valence-corrected chi connectivity index (χ2v) is 7.12. The zero-order chi connectivity index (χ0) is 17.2. The van der Waals surface area contributed by atoms with E-state index in [0.717, 1.165) is 12.8 Å². The average molecular weight is 323 g/mol. The van der Waals surface area contributed by atoms with Gasteiger partial charge in [-0.3, -0.25) is 4.79 Å². The minimum Gasteiger partial charge on any atom is -0.295 e. The van der Waals surface area contributed by atoms with Crippen molar-refractivity contribution in [2.24, 2.45) is 5.92 Å². The van der Waals surface area contributed by atoms with Gasteiger partial charge >= 0.3 is 0 Å². The number of unbranched alkanes of at least 4 members (excludes halogenated alkanes) is 12. The third-order valence-corrected chi connectivity index (χ3v) is 4.92. The van der Waals surface area contributed by atoms with E-state index in [-0.39, 0.29) is 11.7 Å². The van der Waals surface area contributed by atoms with Gasteiger partial charge < -0.3 is 0 Å². The van der Waals surface area contributed by atoms with Crippen LogP contribution in [0.15, 0.2) is 12.7 Å². The molecule has 136 valence electrons. The van der Waals surface area contributed by atoms with Crippen LogP contribution < -0.4 is 0 Å². The lowest BCUT2D eigenvalue weighted by molar-refractivity contribution is -0.118. The Hall–Kier alpha value is -0.590. The maximum Gasteiger partial charge on any atom is 0.158 e. The molecule has 1 atom stereocenters. The SMILES string of the molecule is C=CC(=O)C(CCCC)CCCCCCCCCCCCCC. The number of carbonyl (C=O) groups is 1. The van der Waals surface area contributed by atoms with E-state index in [1.165, 1.54) is 96.0 Å². The van der Waals surface area contributed by atoms with E-state index in [1.54, 1.807) is 0 Å². The van der Waals surface area contributed by atoms with E-state index in [0.29, 0.717) is 0 Å². The van der Waals surface area contributed by atoms with Crippen LogP contribution in [0, 0.1) is 5.92 Å². The summed E-state index contributed by atoms with van der Waals surface area (Å²) in [7, 11) is 0. The van der Waals surface area contributed by atoms with Crippen LogP contribution >= 0.6 is 0 Å². The molecule has 0 aromatic heterocycles. The Morgan fingerprint density at radius 1 is 0.696 bits per heavy atom. The summed E-state index contributed by atoms with van der Waals surface area (Å²) >= 11 is 0. The highest BCUT2D eigenvalue weighted by atomic mass is 16.1. The number of hydrogen-bond acceptors (Lipinski definition) is 1. The maximum absolute atomic E-state index is 11.8. The van der Waals surface area contributed by atoms with Gasteiger partial charge in [0, 0.05) is 5.92 Å². The van der Waals surface area contributed by atoms with Crippen molar-refractivity contribution < 1.29 is 4.79 Å². The highest BCUT2D eigenvalue weighted by molar-refractivity contribution is 5.91. The first kappa shape index (κ1) is 22.4. The number of hydrogen-bond donors (Lipinski definition) is 0. The van der Waals surface area contributed by atoms with E-state index in [9.17, 15) is 4.79 Å². The zero-order valence-corrected chi connectivity index (χ0v) is 16.1. The fraction of sp³-hybridized carbons (Fsp3) is 0.864. The summed E-state index contributed by atoms with van der Waals surface area (Å²) < 4.78 is 0. The largest absolute Gasteiger partial charge is 0.295 e. The second-order valence-electron chi connectivity index (χ2n) is 7.12. The molecule has 0 heterocycles. The van der Waals surface area contributed by atoms with Crippen LogP contribution in [0.25, 0.3) is 0 Å². The molecule has 0 bridgehead atoms. The molecule has 0 aromatic rings. The minimum atomic E-state index is 0.246. The van der Waals surface area contributed by atoms with Crippen LogP contribution in [-0.4, -0.2) is 5.78 Å². The van der Waals surface area contributed by atoms with Crippen LogP contribution in [0.1, 0.15) is 117 Å². The summed E-state index contributed by atoms with van der Waals surface area (Å²) in [6.07, 6.45) is 22.5. The van der Waals surface area contributed by atoms with Crippen molar-refractivity contribution in [1.82, 2.24) is 0 Å². The third kappa shape index (κ3) is 14.7. The van der Waals surface area contributed by atoms with Crippen molar-refractivity contribution in [2.45, 2.75) is 117 Å². The molecule has 0 N–H and O–H groups in total. The molecule has 0 saturated heterocycles. The lowest BCUT2D eigenvalue weighted by atomic mass is 9.91. The fourth-order valence-corrected chi connectivity index (χ4v) is 3.28. The predicted octanol–water partition coefficient (Wildman–Crippen LogP) is 7.64. The molecule has 1 unspecified atom stereocenters. The van der Waals surface area contributed by atoms with E-state index in [1.807, 2.05) is 0 Å². The van der Waals surface area contributed by atoms with Crippen LogP contribution in [0.2, 0.25) is 0 Å². The summed E-state index contributed by atoms with van der Waals surface area (Å²) in [5, 5.41) is 0. The summed E-state index contributed by atoms with van der Waals surface area (Å²) in [6, 6.07) is 0. The van der Waals surface area contributed by atoms with Gasteiger partial charge in [-0.2, -0.15) is 0 Å². The second kappa shape index (κ2) is 17.8. The van der Waals surface area contributed by atoms with Crippen LogP contribution in [0.4, 0.5) is 0 Å². The van der Waals surface area contributed by atoms with Gasteiger partial charge in [-0.15, -0.1) is 0 Å². The molecule has 0 saturated carbocycles. The molecule has 23 heavy (non-hydrogen) atoms. The van der Waals surface area contributed by atoms with Crippen molar-refractivity contribution in [3.8, 4) is 0 Å². The van der Waals surface area contributed by atoms with Crippen molar-refractivity contribution in [2.75, 3.05) is 0 Å². The Balaban J connectivity index is 3.42. The maximum atomic E-state index is 11.8. The Morgan fingerprint density at radius 3 is 1.52 bits per heavy atom. The molecule has 0 aromatic carbocycles. The van der Waals surface area contributed by atoms with Crippen molar-refractivity contribution in [3.63, 3.8) is 0 Å². The van der Waals surface area contributed by atoms with Crippen molar-refractivity contribution >= 4 is 5.78 Å². The zero-order valence-electron chi connectivity index (χ0n) is 16.1. The van der Waals surface area contributed by atoms with Gasteiger partial charge in [-0.1, -0.05) is 110 Å². The molecule has 0 rings (SSSR count). The van der Waals surface area contributed by atoms with Crippen molar-refractivity contribution in [1.29, 1.82) is 0 Å². The Labute approximate surface area is 146 Å². The van der Waals surface area contributed by atoms with Gasteiger partial charge in [0.25, 0.3) is 0 Å². The summed E-state index contributed by atoms with van der Waals surface area (Å²) in [5.74, 6) is 0.511. The van der Waals surface area contributed by atoms with E-state index in [4.69, 9.17) is 0 Å². The Morgan fingerprint density at radius 2 is 1.09 bits per heavy atom. The lowest BCUT2D eigenvalue weighted by Gasteiger charge is -2.13. The summed E-state index contributed by atoms with van der Waals surface area (Å²) in [5.41, 5.74) is 0. The van der Waals surface area contributed by atoms with Gasteiger partial charge in [0.15, 0.2) is 5.78 Å². The van der Waals surface area contributed by atoms with E-state index in [2.05, 4.69) is 20.4 Å². The average Bonchev–Trinajstić information content (AvgIpc) is 2.57. The Kier molecular flexibility index (Phi) is 17.3. The first-order chi connectivity index (χ1) is 11.3. The minimum absolute atomic E-state index is 0.246. The third-order valence-electron chi connectivity index (χ3n) is 4.92. The first-order valence-corrected chi connectivity index (χ1v) is 10.4. The molecular formula is C22H42O. The quantitative estimate of drug-likeness (QED) is 0.187. The molecule has 0 radical (unpaired) electrons. The monoisotopic (exact) mass is 322 g/mol. The lowest BCUT2D eigenvalue weighted by Crippen LogP contribution is -2.11. The van der Waals surface area contributed by atoms with Gasteiger partial charge in [0.05, 0.1) is 0 Å². The topological polar surface area (TPSA) is 17.1 Å². The Bertz CT molecular complexity index is 269. The molecule has 0 spiro atoms. The van der Waals surface area contributed by atoms with Crippen molar-refractivity contribution in [3.05, 3.63) is 12.7 Å².